The Balaban J connectivity index is 1.75. The standard InChI is InChI=1S/C29H29NO8/c1-29(2,3)38-28(36)30(22(27(34)35)14-18-6-4-5-7-23(18)32)19-10-13-21-24(33)16-25(37-26(21)15-19)17-8-11-20(31)12-9-17/h4-13,15,22,25,31-32H,14,16H2,1-3H3,(H,34,35). The fourth-order valence-corrected chi connectivity index (χ4v) is 4.24. The van der Waals surface area contributed by atoms with E-state index in [1.807, 2.05) is 0 Å². The minimum atomic E-state index is -1.44. The molecule has 1 aliphatic rings. The van der Waals surface area contributed by atoms with Crippen LogP contribution in [-0.2, 0) is 16.0 Å². The molecule has 1 amide bonds. The molecule has 38 heavy (non-hydrogen) atoms. The second kappa shape index (κ2) is 10.5. The number of nitrogens with zero attached hydrogens (tertiary/aromatic N) is 1. The van der Waals surface area contributed by atoms with E-state index in [0.717, 1.165) is 4.90 Å². The predicted molar refractivity (Wildman–Crippen MR) is 139 cm³/mol. The Morgan fingerprint density at radius 1 is 1.05 bits per heavy atom. The Morgan fingerprint density at radius 2 is 1.74 bits per heavy atom. The van der Waals surface area contributed by atoms with E-state index >= 15 is 0 Å². The number of phenols is 2. The summed E-state index contributed by atoms with van der Waals surface area (Å²) in [6, 6.07) is 15.6. The van der Waals surface area contributed by atoms with Crippen LogP contribution in [-0.4, -0.2) is 44.8 Å². The van der Waals surface area contributed by atoms with E-state index < -0.39 is 29.8 Å². The third-order valence-electron chi connectivity index (χ3n) is 6.04. The number of carbonyl (C=O) groups excluding carboxylic acids is 2. The van der Waals surface area contributed by atoms with Gasteiger partial charge in [0.2, 0.25) is 0 Å². The van der Waals surface area contributed by atoms with Crippen molar-refractivity contribution in [2.24, 2.45) is 0 Å². The van der Waals surface area contributed by atoms with Gasteiger partial charge < -0.3 is 24.8 Å². The number of carbonyl (C=O) groups is 3. The van der Waals surface area contributed by atoms with Crippen LogP contribution in [0.25, 0.3) is 0 Å². The van der Waals surface area contributed by atoms with Crippen LogP contribution in [0.3, 0.4) is 0 Å². The maximum absolute atomic E-state index is 13.4. The molecule has 0 aromatic heterocycles. The zero-order chi connectivity index (χ0) is 27.6. The van der Waals surface area contributed by atoms with E-state index in [1.54, 1.807) is 51.1 Å². The molecule has 1 aliphatic heterocycles. The number of para-hydroxylation sites is 1. The van der Waals surface area contributed by atoms with Crippen molar-refractivity contribution in [2.75, 3.05) is 4.90 Å². The molecule has 0 bridgehead atoms. The number of carboxylic acid groups (broad SMARTS) is 1. The number of fused-ring (bicyclic) bond motifs is 1. The van der Waals surface area contributed by atoms with Gasteiger partial charge in [0.1, 0.15) is 35.0 Å². The second-order valence-electron chi connectivity index (χ2n) is 10.0. The fourth-order valence-electron chi connectivity index (χ4n) is 4.24. The van der Waals surface area contributed by atoms with Crippen molar-refractivity contribution in [2.45, 2.75) is 51.4 Å². The van der Waals surface area contributed by atoms with Crippen LogP contribution in [0.2, 0.25) is 0 Å². The van der Waals surface area contributed by atoms with Gasteiger partial charge in [-0.05, 0) is 62.2 Å². The van der Waals surface area contributed by atoms with Crippen molar-refractivity contribution in [1.29, 1.82) is 0 Å². The Morgan fingerprint density at radius 3 is 2.37 bits per heavy atom. The first kappa shape index (κ1) is 26.5. The number of Topliss-reactive ketones (excluding diaryl/α,β-unsaturated/α-hetero) is 1. The quantitative estimate of drug-likeness (QED) is 0.403. The van der Waals surface area contributed by atoms with Crippen LogP contribution in [0.5, 0.6) is 17.2 Å². The maximum atomic E-state index is 13.4. The number of aromatic hydroxyl groups is 2. The molecule has 2 unspecified atom stereocenters. The van der Waals surface area contributed by atoms with E-state index in [9.17, 15) is 29.7 Å². The molecule has 3 aromatic rings. The molecule has 9 nitrogen and oxygen atoms in total. The summed E-state index contributed by atoms with van der Waals surface area (Å²) in [6.07, 6.45) is -1.65. The number of hydrogen-bond acceptors (Lipinski definition) is 7. The summed E-state index contributed by atoms with van der Waals surface area (Å²) in [6.45, 7) is 5.00. The Kier molecular flexibility index (Phi) is 7.30. The van der Waals surface area contributed by atoms with E-state index in [1.165, 1.54) is 36.4 Å². The third-order valence-corrected chi connectivity index (χ3v) is 6.04. The van der Waals surface area contributed by atoms with Gasteiger partial charge in [-0.1, -0.05) is 30.3 Å². The minimum absolute atomic E-state index is 0.0794. The Hall–Kier alpha value is -4.53. The Labute approximate surface area is 219 Å². The first-order chi connectivity index (χ1) is 17.9. The highest BCUT2D eigenvalue weighted by Crippen LogP contribution is 2.38. The van der Waals surface area contributed by atoms with Crippen LogP contribution in [0.1, 0.15) is 54.8 Å². The number of carboxylic acids is 1. The van der Waals surface area contributed by atoms with E-state index in [4.69, 9.17) is 9.47 Å². The SMILES string of the molecule is CC(C)(C)OC(=O)N(c1ccc2c(c1)OC(c1ccc(O)cc1)CC2=O)C(Cc1ccccc1O)C(=O)O. The van der Waals surface area contributed by atoms with Crippen molar-refractivity contribution < 1.29 is 39.2 Å². The molecule has 1 heterocycles. The number of rotatable bonds is 6. The largest absolute Gasteiger partial charge is 0.508 e. The summed E-state index contributed by atoms with van der Waals surface area (Å²) in [5, 5.41) is 30.0. The lowest BCUT2D eigenvalue weighted by Crippen LogP contribution is -2.48. The van der Waals surface area contributed by atoms with Crippen LogP contribution in [0, 0.1) is 0 Å². The molecule has 3 N–H and O–H groups in total. The van der Waals surface area contributed by atoms with Gasteiger partial charge in [-0.25, -0.2) is 9.59 Å². The highest BCUT2D eigenvalue weighted by molar-refractivity contribution is 6.02. The number of benzene rings is 3. The molecular formula is C29H29NO8. The zero-order valence-corrected chi connectivity index (χ0v) is 21.2. The van der Waals surface area contributed by atoms with Crippen molar-refractivity contribution in [3.8, 4) is 17.2 Å². The lowest BCUT2D eigenvalue weighted by Gasteiger charge is -2.33. The summed E-state index contributed by atoms with van der Waals surface area (Å²) in [4.78, 5) is 39.7. The van der Waals surface area contributed by atoms with Crippen molar-refractivity contribution >= 4 is 23.5 Å². The molecular weight excluding hydrogens is 490 g/mol. The summed E-state index contributed by atoms with van der Waals surface area (Å²) in [5.41, 5.74) is 0.558. The highest BCUT2D eigenvalue weighted by Gasteiger charge is 2.36. The lowest BCUT2D eigenvalue weighted by molar-refractivity contribution is -0.138. The smallest absolute Gasteiger partial charge is 0.415 e. The maximum Gasteiger partial charge on any atom is 0.415 e. The molecule has 198 valence electrons. The van der Waals surface area contributed by atoms with Gasteiger partial charge in [0.15, 0.2) is 5.78 Å². The average Bonchev–Trinajstić information content (AvgIpc) is 2.84. The third kappa shape index (κ3) is 5.88. The number of anilines is 1. The van der Waals surface area contributed by atoms with Crippen LogP contribution >= 0.6 is 0 Å². The minimum Gasteiger partial charge on any atom is -0.508 e. The lowest BCUT2D eigenvalue weighted by atomic mass is 9.95. The molecule has 4 rings (SSSR count). The number of ether oxygens (including phenoxy) is 2. The molecule has 0 spiro atoms. The first-order valence-corrected chi connectivity index (χ1v) is 12.1. The molecule has 0 saturated carbocycles. The summed E-state index contributed by atoms with van der Waals surface area (Å²) in [5.74, 6) is -1.31. The summed E-state index contributed by atoms with van der Waals surface area (Å²) in [7, 11) is 0. The molecule has 0 saturated heterocycles. The molecule has 2 atom stereocenters. The highest BCUT2D eigenvalue weighted by atomic mass is 16.6. The van der Waals surface area contributed by atoms with Crippen molar-refractivity contribution in [1.82, 2.24) is 0 Å². The van der Waals surface area contributed by atoms with Crippen LogP contribution in [0.15, 0.2) is 66.7 Å². The number of aliphatic carboxylic acids is 1. The van der Waals surface area contributed by atoms with Gasteiger partial charge in [0.25, 0.3) is 0 Å². The number of phenolic OH excluding ortho intramolecular Hbond substituents is 2. The molecule has 0 aliphatic carbocycles. The Bertz CT molecular complexity index is 1360. The van der Waals surface area contributed by atoms with Crippen molar-refractivity contribution in [3.63, 3.8) is 0 Å². The van der Waals surface area contributed by atoms with Gasteiger partial charge >= 0.3 is 12.1 Å². The monoisotopic (exact) mass is 519 g/mol. The molecule has 3 aromatic carbocycles. The molecule has 9 heteroatoms. The second-order valence-corrected chi connectivity index (χ2v) is 10.0. The van der Waals surface area contributed by atoms with E-state index in [-0.39, 0.29) is 41.6 Å². The zero-order valence-electron chi connectivity index (χ0n) is 21.2. The van der Waals surface area contributed by atoms with Gasteiger partial charge in [-0.2, -0.15) is 0 Å². The summed E-state index contributed by atoms with van der Waals surface area (Å²) >= 11 is 0. The number of amides is 1. The summed E-state index contributed by atoms with van der Waals surface area (Å²) < 4.78 is 11.7. The average molecular weight is 520 g/mol. The fraction of sp³-hybridized carbons (Fsp3) is 0.276. The normalized spacial score (nSPS) is 15.7. The first-order valence-electron chi connectivity index (χ1n) is 12.1. The van der Waals surface area contributed by atoms with E-state index in [0.29, 0.717) is 16.7 Å². The van der Waals surface area contributed by atoms with Crippen LogP contribution < -0.4 is 9.64 Å². The van der Waals surface area contributed by atoms with Crippen molar-refractivity contribution in [3.05, 3.63) is 83.4 Å². The van der Waals surface area contributed by atoms with Gasteiger partial charge in [0, 0.05) is 12.5 Å². The predicted octanol–water partition coefficient (Wildman–Crippen LogP) is 5.24. The number of ketones is 1. The van der Waals surface area contributed by atoms with E-state index in [2.05, 4.69) is 0 Å². The van der Waals surface area contributed by atoms with Gasteiger partial charge in [-0.3, -0.25) is 9.69 Å². The number of hydrogen-bond donors (Lipinski definition) is 3. The van der Waals surface area contributed by atoms with Gasteiger partial charge in [-0.15, -0.1) is 0 Å². The topological polar surface area (TPSA) is 134 Å². The van der Waals surface area contributed by atoms with Crippen LogP contribution in [0.4, 0.5) is 10.5 Å². The van der Waals surface area contributed by atoms with Gasteiger partial charge in [0.05, 0.1) is 17.7 Å². The molecule has 0 radical (unpaired) electrons. The molecule has 0 fully saturated rings.